The van der Waals surface area contributed by atoms with Gasteiger partial charge < -0.3 is 0 Å². The van der Waals surface area contributed by atoms with Crippen LogP contribution in [-0.2, 0) is 0 Å². The summed E-state index contributed by atoms with van der Waals surface area (Å²) in [5.41, 5.74) is 4.03. The molecule has 0 radical (unpaired) electrons. The van der Waals surface area contributed by atoms with Crippen LogP contribution in [0.3, 0.4) is 0 Å². The van der Waals surface area contributed by atoms with E-state index in [2.05, 4.69) is 74.0 Å². The summed E-state index contributed by atoms with van der Waals surface area (Å²) in [5.74, 6) is 0.526. The van der Waals surface area contributed by atoms with E-state index in [1.165, 1.54) is 21.6 Å². The van der Waals surface area contributed by atoms with Gasteiger partial charge in [-0.1, -0.05) is 54.4 Å². The molecule has 2 aromatic rings. The third-order valence-corrected chi connectivity index (χ3v) is 4.03. The fraction of sp³-hybridized carbons (Fsp3) is 0.294. The minimum Gasteiger partial charge on any atom is -0.259 e. The number of hydrogen-bond acceptors (Lipinski definition) is 2. The topological polar surface area (TPSA) is 12.0 Å². The van der Waals surface area contributed by atoms with E-state index in [9.17, 15) is 0 Å². The maximum Gasteiger partial charge on any atom is 0.0228 e. The Morgan fingerprint density at radius 3 is 2.42 bits per heavy atom. The van der Waals surface area contributed by atoms with Crippen molar-refractivity contribution in [2.45, 2.75) is 31.6 Å². The lowest BCUT2D eigenvalue weighted by Crippen LogP contribution is -2.12. The zero-order valence-corrected chi connectivity index (χ0v) is 12.6. The maximum atomic E-state index is 3.46. The molecule has 0 aromatic heterocycles. The van der Waals surface area contributed by atoms with Crippen molar-refractivity contribution in [1.29, 1.82) is 0 Å². The van der Waals surface area contributed by atoms with Gasteiger partial charge in [0.25, 0.3) is 0 Å². The Kier molecular flexibility index (Phi) is 5.06. The summed E-state index contributed by atoms with van der Waals surface area (Å²) in [7, 11) is 0. The van der Waals surface area contributed by atoms with Gasteiger partial charge >= 0.3 is 0 Å². The van der Waals surface area contributed by atoms with Crippen molar-refractivity contribution in [3.05, 3.63) is 65.2 Å². The maximum absolute atomic E-state index is 3.46. The van der Waals surface area contributed by atoms with Crippen molar-refractivity contribution >= 4 is 11.9 Å². The number of aryl methyl sites for hydroxylation is 2. The average Bonchev–Trinajstić information content (AvgIpc) is 2.41. The van der Waals surface area contributed by atoms with Gasteiger partial charge in [-0.05, 0) is 49.4 Å². The smallest absolute Gasteiger partial charge is 0.0228 e. The molecule has 0 heterocycles. The van der Waals surface area contributed by atoms with Gasteiger partial charge in [-0.3, -0.25) is 4.72 Å². The van der Waals surface area contributed by atoms with Crippen molar-refractivity contribution < 1.29 is 0 Å². The minimum absolute atomic E-state index is 0.526. The molecule has 2 aromatic carbocycles. The first kappa shape index (κ1) is 14.2. The fourth-order valence-corrected chi connectivity index (χ4v) is 2.72. The van der Waals surface area contributed by atoms with E-state index in [4.69, 9.17) is 0 Å². The fourth-order valence-electron chi connectivity index (χ4n) is 1.95. The van der Waals surface area contributed by atoms with Gasteiger partial charge in [-0.15, -0.1) is 0 Å². The van der Waals surface area contributed by atoms with Crippen molar-refractivity contribution in [3.63, 3.8) is 0 Å². The quantitative estimate of drug-likeness (QED) is 0.791. The van der Waals surface area contributed by atoms with Gasteiger partial charge in [0.15, 0.2) is 0 Å². The predicted molar refractivity (Wildman–Crippen MR) is 84.6 cm³/mol. The molecule has 19 heavy (non-hydrogen) atoms. The lowest BCUT2D eigenvalue weighted by atomic mass is 10.00. The summed E-state index contributed by atoms with van der Waals surface area (Å²) in [6, 6.07) is 17.4. The van der Waals surface area contributed by atoms with Crippen LogP contribution in [0.25, 0.3) is 0 Å². The predicted octanol–water partition coefficient (Wildman–Crippen LogP) is 4.70. The van der Waals surface area contributed by atoms with Crippen LogP contribution in [0.1, 0.15) is 29.5 Å². The molecule has 0 saturated carbocycles. The average molecular weight is 271 g/mol. The summed E-state index contributed by atoms with van der Waals surface area (Å²) in [4.78, 5) is 1.27. The Labute approximate surface area is 120 Å². The molecule has 0 unspecified atom stereocenters. The van der Waals surface area contributed by atoms with Crippen LogP contribution in [0.5, 0.6) is 0 Å². The summed E-state index contributed by atoms with van der Waals surface area (Å²) < 4.78 is 3.46. The van der Waals surface area contributed by atoms with Crippen LogP contribution >= 0.6 is 11.9 Å². The van der Waals surface area contributed by atoms with Gasteiger partial charge in [-0.2, -0.15) is 0 Å². The van der Waals surface area contributed by atoms with Crippen molar-refractivity contribution in [3.8, 4) is 0 Å². The molecule has 0 aliphatic carbocycles. The summed E-state index contributed by atoms with van der Waals surface area (Å²) >= 11 is 1.71. The van der Waals surface area contributed by atoms with Gasteiger partial charge in [0, 0.05) is 11.4 Å². The Balaban J connectivity index is 1.84. The Bertz CT molecular complexity index is 519. The van der Waals surface area contributed by atoms with Crippen molar-refractivity contribution in [2.75, 3.05) is 6.54 Å². The molecule has 2 rings (SSSR count). The lowest BCUT2D eigenvalue weighted by molar-refractivity contribution is 0.741. The monoisotopic (exact) mass is 271 g/mol. The molecular weight excluding hydrogens is 250 g/mol. The molecule has 0 spiro atoms. The molecule has 0 amide bonds. The van der Waals surface area contributed by atoms with E-state index < -0.39 is 0 Å². The Morgan fingerprint density at radius 1 is 1.00 bits per heavy atom. The highest BCUT2D eigenvalue weighted by atomic mass is 32.2. The van der Waals surface area contributed by atoms with Crippen LogP contribution in [0.15, 0.2) is 53.4 Å². The standard InChI is InChI=1S/C17H21NS/c1-13-7-9-17(10-8-13)19-18-12-15(3)16-6-4-5-14(2)11-16/h4-11,15,18H,12H2,1-3H3/t15-/m1/s1. The molecule has 0 saturated heterocycles. The second kappa shape index (κ2) is 6.78. The van der Waals surface area contributed by atoms with Crippen LogP contribution < -0.4 is 4.72 Å². The number of rotatable bonds is 5. The second-order valence-corrected chi connectivity index (χ2v) is 6.04. The number of hydrogen-bond donors (Lipinski definition) is 1. The molecule has 0 aliphatic heterocycles. The Hall–Kier alpha value is -1.25. The normalized spacial score (nSPS) is 12.4. The molecular formula is C17H21NS. The van der Waals surface area contributed by atoms with Crippen LogP contribution in [0.4, 0.5) is 0 Å². The summed E-state index contributed by atoms with van der Waals surface area (Å²) in [6.07, 6.45) is 0. The SMILES string of the molecule is Cc1ccc(SNC[C@@H](C)c2cccc(C)c2)cc1. The zero-order valence-electron chi connectivity index (χ0n) is 11.8. The molecule has 2 heteroatoms. The highest BCUT2D eigenvalue weighted by molar-refractivity contribution is 7.97. The molecule has 1 nitrogen and oxygen atoms in total. The minimum atomic E-state index is 0.526. The van der Waals surface area contributed by atoms with E-state index in [-0.39, 0.29) is 0 Å². The van der Waals surface area contributed by atoms with E-state index in [0.29, 0.717) is 5.92 Å². The first-order valence-electron chi connectivity index (χ1n) is 6.68. The van der Waals surface area contributed by atoms with E-state index in [1.807, 2.05) is 0 Å². The largest absolute Gasteiger partial charge is 0.259 e. The highest BCUT2D eigenvalue weighted by Crippen LogP contribution is 2.19. The first-order valence-corrected chi connectivity index (χ1v) is 7.50. The van der Waals surface area contributed by atoms with Crippen molar-refractivity contribution in [2.24, 2.45) is 0 Å². The first-order chi connectivity index (χ1) is 9.15. The summed E-state index contributed by atoms with van der Waals surface area (Å²) in [5, 5.41) is 0. The molecule has 100 valence electrons. The third kappa shape index (κ3) is 4.41. The zero-order chi connectivity index (χ0) is 13.7. The molecule has 1 N–H and O–H groups in total. The second-order valence-electron chi connectivity index (χ2n) is 5.08. The number of nitrogens with one attached hydrogen (secondary N) is 1. The van der Waals surface area contributed by atoms with Gasteiger partial charge in [0.1, 0.15) is 0 Å². The third-order valence-electron chi connectivity index (χ3n) is 3.21. The Morgan fingerprint density at radius 2 is 1.74 bits per heavy atom. The van der Waals surface area contributed by atoms with Gasteiger partial charge in [-0.25, -0.2) is 0 Å². The molecule has 0 aliphatic rings. The van der Waals surface area contributed by atoms with Gasteiger partial charge in [0.05, 0.1) is 0 Å². The highest BCUT2D eigenvalue weighted by Gasteiger charge is 2.05. The van der Waals surface area contributed by atoms with Crippen LogP contribution in [-0.4, -0.2) is 6.54 Å². The van der Waals surface area contributed by atoms with Crippen molar-refractivity contribution in [1.82, 2.24) is 4.72 Å². The van der Waals surface area contributed by atoms with Crippen LogP contribution in [0.2, 0.25) is 0 Å². The molecule has 1 atom stereocenters. The van der Waals surface area contributed by atoms with E-state index in [1.54, 1.807) is 11.9 Å². The van der Waals surface area contributed by atoms with E-state index in [0.717, 1.165) is 6.54 Å². The number of benzene rings is 2. The lowest BCUT2D eigenvalue weighted by Gasteiger charge is -2.13. The van der Waals surface area contributed by atoms with E-state index >= 15 is 0 Å². The molecule has 0 bridgehead atoms. The van der Waals surface area contributed by atoms with Gasteiger partial charge in [0.2, 0.25) is 0 Å². The van der Waals surface area contributed by atoms with Crippen LogP contribution in [0, 0.1) is 13.8 Å². The molecule has 0 fully saturated rings. The summed E-state index contributed by atoms with van der Waals surface area (Å²) in [6.45, 7) is 7.49.